The van der Waals surface area contributed by atoms with Gasteiger partial charge in [0.25, 0.3) is 0 Å². The van der Waals surface area contributed by atoms with E-state index in [-0.39, 0.29) is 18.0 Å². The van der Waals surface area contributed by atoms with Gasteiger partial charge in [-0.3, -0.25) is 4.79 Å². The standard InChI is InChI=1S/C19H28N4O2/c1-14-15(2)23(12-10-20-14)18(24)7-9-21-19(25)22-11-8-16-5-3-4-6-17(16)13-22/h3-6,14-15,20H,7-13H2,1-2H3,(H,21,25). The minimum Gasteiger partial charge on any atom is -0.337 e. The molecule has 3 amide bonds. The molecule has 6 nitrogen and oxygen atoms in total. The Morgan fingerprint density at radius 2 is 1.96 bits per heavy atom. The first kappa shape index (κ1) is 17.7. The van der Waals surface area contributed by atoms with Crippen LogP contribution in [-0.2, 0) is 17.8 Å². The monoisotopic (exact) mass is 344 g/mol. The Morgan fingerprint density at radius 1 is 1.20 bits per heavy atom. The van der Waals surface area contributed by atoms with E-state index in [1.807, 2.05) is 21.9 Å². The summed E-state index contributed by atoms with van der Waals surface area (Å²) in [7, 11) is 0. The van der Waals surface area contributed by atoms with Crippen molar-refractivity contribution in [1.29, 1.82) is 0 Å². The quantitative estimate of drug-likeness (QED) is 0.870. The molecule has 2 aliphatic heterocycles. The summed E-state index contributed by atoms with van der Waals surface area (Å²) in [5.41, 5.74) is 2.53. The molecule has 1 saturated heterocycles. The van der Waals surface area contributed by atoms with Crippen LogP contribution in [0, 0.1) is 0 Å². The van der Waals surface area contributed by atoms with Crippen LogP contribution in [0.15, 0.2) is 24.3 Å². The third kappa shape index (κ3) is 4.12. The van der Waals surface area contributed by atoms with E-state index in [1.165, 1.54) is 11.1 Å². The van der Waals surface area contributed by atoms with Gasteiger partial charge in [0, 0.05) is 51.2 Å². The number of hydrogen-bond donors (Lipinski definition) is 2. The number of rotatable bonds is 3. The molecule has 0 saturated carbocycles. The number of nitrogens with one attached hydrogen (secondary N) is 2. The number of carbonyl (C=O) groups excluding carboxylic acids is 2. The number of amides is 3. The van der Waals surface area contributed by atoms with Crippen LogP contribution in [-0.4, -0.2) is 60.0 Å². The SMILES string of the molecule is CC1NCCN(C(=O)CCNC(=O)N2CCc3ccccc3C2)C1C. The highest BCUT2D eigenvalue weighted by molar-refractivity contribution is 5.79. The van der Waals surface area contributed by atoms with Crippen LogP contribution in [0.5, 0.6) is 0 Å². The molecule has 3 rings (SSSR count). The normalized spacial score (nSPS) is 23.1. The lowest BCUT2D eigenvalue weighted by Gasteiger charge is -2.38. The fourth-order valence-corrected chi connectivity index (χ4v) is 3.61. The third-order valence-electron chi connectivity index (χ3n) is 5.39. The zero-order chi connectivity index (χ0) is 17.8. The van der Waals surface area contributed by atoms with Gasteiger partial charge in [-0.1, -0.05) is 24.3 Å². The van der Waals surface area contributed by atoms with E-state index in [1.54, 1.807) is 0 Å². The first-order valence-corrected chi connectivity index (χ1v) is 9.18. The van der Waals surface area contributed by atoms with Crippen molar-refractivity contribution in [2.24, 2.45) is 0 Å². The second kappa shape index (κ2) is 7.87. The maximum absolute atomic E-state index is 12.4. The van der Waals surface area contributed by atoms with Gasteiger partial charge in [0.05, 0.1) is 0 Å². The maximum Gasteiger partial charge on any atom is 0.317 e. The van der Waals surface area contributed by atoms with Crippen LogP contribution in [0.2, 0.25) is 0 Å². The minimum absolute atomic E-state index is 0.0796. The number of hydrogen-bond acceptors (Lipinski definition) is 3. The van der Waals surface area contributed by atoms with Crippen molar-refractivity contribution in [2.45, 2.75) is 45.3 Å². The van der Waals surface area contributed by atoms with E-state index in [2.05, 4.69) is 36.6 Å². The Kier molecular flexibility index (Phi) is 5.58. The lowest BCUT2D eigenvalue weighted by Crippen LogP contribution is -2.57. The van der Waals surface area contributed by atoms with E-state index in [0.717, 1.165) is 26.1 Å². The lowest BCUT2D eigenvalue weighted by atomic mass is 10.0. The van der Waals surface area contributed by atoms with Crippen LogP contribution in [0.25, 0.3) is 0 Å². The molecule has 1 aromatic carbocycles. The molecule has 0 aliphatic carbocycles. The predicted octanol–water partition coefficient (Wildman–Crippen LogP) is 1.35. The molecule has 2 heterocycles. The summed E-state index contributed by atoms with van der Waals surface area (Å²) in [5.74, 6) is 0.116. The van der Waals surface area contributed by atoms with E-state index in [9.17, 15) is 9.59 Å². The summed E-state index contributed by atoms with van der Waals surface area (Å²) in [4.78, 5) is 28.5. The average molecular weight is 344 g/mol. The molecule has 2 atom stereocenters. The largest absolute Gasteiger partial charge is 0.337 e. The van der Waals surface area contributed by atoms with E-state index < -0.39 is 0 Å². The molecule has 2 N–H and O–H groups in total. The van der Waals surface area contributed by atoms with Gasteiger partial charge in [0.2, 0.25) is 5.91 Å². The zero-order valence-corrected chi connectivity index (χ0v) is 15.1. The summed E-state index contributed by atoms with van der Waals surface area (Å²) < 4.78 is 0. The number of urea groups is 1. The average Bonchev–Trinajstić information content (AvgIpc) is 2.63. The minimum atomic E-state index is -0.0796. The highest BCUT2D eigenvalue weighted by Crippen LogP contribution is 2.18. The molecule has 2 aliphatic rings. The molecule has 1 fully saturated rings. The highest BCUT2D eigenvalue weighted by Gasteiger charge is 2.28. The fraction of sp³-hybridized carbons (Fsp3) is 0.579. The Morgan fingerprint density at radius 3 is 2.76 bits per heavy atom. The summed E-state index contributed by atoms with van der Waals surface area (Å²) in [6.45, 7) is 7.49. The molecule has 6 heteroatoms. The Labute approximate surface area is 149 Å². The van der Waals surface area contributed by atoms with Crippen LogP contribution in [0.4, 0.5) is 4.79 Å². The highest BCUT2D eigenvalue weighted by atomic mass is 16.2. The number of piperazine rings is 1. The van der Waals surface area contributed by atoms with Crippen molar-refractivity contribution >= 4 is 11.9 Å². The predicted molar refractivity (Wildman–Crippen MR) is 97.2 cm³/mol. The second-order valence-electron chi connectivity index (χ2n) is 6.99. The summed E-state index contributed by atoms with van der Waals surface area (Å²) in [6.07, 6.45) is 1.24. The number of carbonyl (C=O) groups is 2. The molecule has 1 aromatic rings. The Balaban J connectivity index is 1.44. The number of fused-ring (bicyclic) bond motifs is 1. The maximum atomic E-state index is 12.4. The van der Waals surface area contributed by atoms with Crippen molar-refractivity contribution < 1.29 is 9.59 Å². The van der Waals surface area contributed by atoms with Crippen LogP contribution in [0.3, 0.4) is 0 Å². The van der Waals surface area contributed by atoms with Gasteiger partial charge in [0.1, 0.15) is 0 Å². The smallest absolute Gasteiger partial charge is 0.317 e. The molecule has 0 radical (unpaired) electrons. The van der Waals surface area contributed by atoms with Gasteiger partial charge in [-0.25, -0.2) is 4.79 Å². The van der Waals surface area contributed by atoms with Gasteiger partial charge < -0.3 is 20.4 Å². The topological polar surface area (TPSA) is 64.7 Å². The van der Waals surface area contributed by atoms with Gasteiger partial charge in [-0.05, 0) is 31.4 Å². The van der Waals surface area contributed by atoms with Crippen molar-refractivity contribution in [3.63, 3.8) is 0 Å². The summed E-state index contributed by atoms with van der Waals surface area (Å²) in [5, 5.41) is 6.27. The summed E-state index contributed by atoms with van der Waals surface area (Å²) >= 11 is 0. The van der Waals surface area contributed by atoms with Gasteiger partial charge in [0.15, 0.2) is 0 Å². The zero-order valence-electron chi connectivity index (χ0n) is 15.1. The second-order valence-corrected chi connectivity index (χ2v) is 6.99. The first-order valence-electron chi connectivity index (χ1n) is 9.18. The van der Waals surface area contributed by atoms with Gasteiger partial charge in [-0.2, -0.15) is 0 Å². The molecule has 0 aromatic heterocycles. The molecule has 0 bridgehead atoms. The van der Waals surface area contributed by atoms with E-state index in [4.69, 9.17) is 0 Å². The van der Waals surface area contributed by atoms with Crippen LogP contribution in [0.1, 0.15) is 31.4 Å². The fourth-order valence-electron chi connectivity index (χ4n) is 3.61. The molecule has 2 unspecified atom stereocenters. The molecular weight excluding hydrogens is 316 g/mol. The lowest BCUT2D eigenvalue weighted by molar-refractivity contribution is -0.134. The van der Waals surface area contributed by atoms with Crippen molar-refractivity contribution in [3.05, 3.63) is 35.4 Å². The van der Waals surface area contributed by atoms with Crippen LogP contribution >= 0.6 is 0 Å². The molecular formula is C19H28N4O2. The van der Waals surface area contributed by atoms with E-state index >= 15 is 0 Å². The van der Waals surface area contributed by atoms with Crippen LogP contribution < -0.4 is 10.6 Å². The first-order chi connectivity index (χ1) is 12.1. The molecule has 0 spiro atoms. The van der Waals surface area contributed by atoms with Gasteiger partial charge in [-0.15, -0.1) is 0 Å². The summed E-state index contributed by atoms with van der Waals surface area (Å²) in [6, 6.07) is 8.66. The molecule has 136 valence electrons. The van der Waals surface area contributed by atoms with Gasteiger partial charge >= 0.3 is 6.03 Å². The number of benzene rings is 1. The van der Waals surface area contributed by atoms with Crippen molar-refractivity contribution in [1.82, 2.24) is 20.4 Å². The Bertz CT molecular complexity index is 634. The number of nitrogens with zero attached hydrogens (tertiary/aromatic N) is 2. The van der Waals surface area contributed by atoms with Crippen molar-refractivity contribution in [3.8, 4) is 0 Å². The van der Waals surface area contributed by atoms with Crippen molar-refractivity contribution in [2.75, 3.05) is 26.2 Å². The molecule has 25 heavy (non-hydrogen) atoms. The Hall–Kier alpha value is -2.08. The van der Waals surface area contributed by atoms with E-state index in [0.29, 0.717) is 25.6 Å². The third-order valence-corrected chi connectivity index (χ3v) is 5.39.